The number of carbonyl (C=O) groups is 3. The topological polar surface area (TPSA) is 75.7 Å². The number of nitrogens with zero attached hydrogens (tertiary/aromatic N) is 1. The molecule has 0 saturated heterocycles. The number of methoxy groups -OCH3 is 1. The first-order valence-corrected chi connectivity index (χ1v) is 11.8. The molecule has 0 aliphatic rings. The van der Waals surface area contributed by atoms with Crippen LogP contribution in [0.15, 0.2) is 10.5 Å². The van der Waals surface area contributed by atoms with Crippen LogP contribution in [0.4, 0.5) is 5.00 Å². The normalized spacial score (nSPS) is 10.7. The third-order valence-corrected chi connectivity index (χ3v) is 7.83. The number of hydrogen-bond donors (Lipinski definition) is 1. The molecule has 158 valence electrons. The number of hydrogen-bond acceptors (Lipinski definition) is 6. The Bertz CT molecular complexity index is 916. The predicted octanol–water partition coefficient (Wildman–Crippen LogP) is 5.35. The third-order valence-electron chi connectivity index (χ3n) is 4.47. The second-order valence-electron chi connectivity index (χ2n) is 6.32. The number of aryl methyl sites for hydroxylation is 1. The molecule has 0 saturated carbocycles. The number of nitrogens with one attached hydrogen (secondary N) is 1. The Kier molecular flexibility index (Phi) is 8.42. The van der Waals surface area contributed by atoms with Gasteiger partial charge >= 0.3 is 5.97 Å². The summed E-state index contributed by atoms with van der Waals surface area (Å²) in [6, 6.07) is 1.78. The molecule has 0 aliphatic heterocycles. The molecule has 1 N–H and O–H groups in total. The van der Waals surface area contributed by atoms with Gasteiger partial charge in [0.1, 0.15) is 5.00 Å². The SMILES string of the molecule is CCCc1sc(C(=O)Nc2sc(C(=O)N(CC)CC)c(C)c2C(=O)OC)cc1Br. The molecule has 0 atom stereocenters. The first kappa shape index (κ1) is 23.6. The lowest BCUT2D eigenvalue weighted by molar-refractivity contribution is 0.0601. The first-order valence-electron chi connectivity index (χ1n) is 9.39. The van der Waals surface area contributed by atoms with Crippen molar-refractivity contribution in [1.29, 1.82) is 0 Å². The van der Waals surface area contributed by atoms with Crippen molar-refractivity contribution in [3.8, 4) is 0 Å². The molecule has 0 radical (unpaired) electrons. The van der Waals surface area contributed by atoms with Crippen molar-refractivity contribution in [2.24, 2.45) is 0 Å². The van der Waals surface area contributed by atoms with E-state index in [1.807, 2.05) is 13.8 Å². The predicted molar refractivity (Wildman–Crippen MR) is 122 cm³/mol. The van der Waals surface area contributed by atoms with Crippen LogP contribution in [0.1, 0.15) is 67.3 Å². The van der Waals surface area contributed by atoms with Crippen LogP contribution in [0.2, 0.25) is 0 Å². The minimum Gasteiger partial charge on any atom is -0.465 e. The summed E-state index contributed by atoms with van der Waals surface area (Å²) < 4.78 is 5.80. The fourth-order valence-electron chi connectivity index (χ4n) is 2.89. The van der Waals surface area contributed by atoms with Crippen LogP contribution in [0.3, 0.4) is 0 Å². The number of amides is 2. The summed E-state index contributed by atoms with van der Waals surface area (Å²) >= 11 is 6.02. The molecule has 2 rings (SSSR count). The van der Waals surface area contributed by atoms with Gasteiger partial charge in [0.25, 0.3) is 11.8 Å². The summed E-state index contributed by atoms with van der Waals surface area (Å²) in [6.45, 7) is 8.71. The van der Waals surface area contributed by atoms with Gasteiger partial charge in [0, 0.05) is 22.4 Å². The summed E-state index contributed by atoms with van der Waals surface area (Å²) in [4.78, 5) is 41.8. The molecule has 0 spiro atoms. The standard InChI is InChI=1S/C20H25BrN2O4S2/c1-6-9-13-12(21)10-14(28-13)17(24)22-18-15(20(26)27-5)11(4)16(29-18)19(25)23(7-2)8-3/h10H,6-9H2,1-5H3,(H,22,24). The highest BCUT2D eigenvalue weighted by Crippen LogP contribution is 2.36. The van der Waals surface area contributed by atoms with Crippen LogP contribution >= 0.6 is 38.6 Å². The quantitative estimate of drug-likeness (QED) is 0.495. The molecule has 2 aromatic rings. The van der Waals surface area contributed by atoms with E-state index in [0.29, 0.717) is 33.4 Å². The Hall–Kier alpha value is -1.71. The van der Waals surface area contributed by atoms with E-state index in [1.165, 1.54) is 18.4 Å². The van der Waals surface area contributed by atoms with E-state index < -0.39 is 5.97 Å². The lowest BCUT2D eigenvalue weighted by atomic mass is 10.1. The fourth-order valence-corrected chi connectivity index (χ4v) is 5.92. The monoisotopic (exact) mass is 500 g/mol. The highest BCUT2D eigenvalue weighted by Gasteiger charge is 2.28. The Morgan fingerprint density at radius 2 is 1.83 bits per heavy atom. The van der Waals surface area contributed by atoms with Crippen LogP contribution in [-0.2, 0) is 11.2 Å². The van der Waals surface area contributed by atoms with Crippen molar-refractivity contribution < 1.29 is 19.1 Å². The van der Waals surface area contributed by atoms with E-state index in [4.69, 9.17) is 4.74 Å². The Morgan fingerprint density at radius 1 is 1.17 bits per heavy atom. The first-order chi connectivity index (χ1) is 13.8. The van der Waals surface area contributed by atoms with Gasteiger partial charge in [-0.15, -0.1) is 22.7 Å². The Morgan fingerprint density at radius 3 is 2.38 bits per heavy atom. The zero-order valence-corrected chi connectivity index (χ0v) is 20.4. The molecule has 2 aromatic heterocycles. The lowest BCUT2D eigenvalue weighted by Crippen LogP contribution is -2.30. The maximum absolute atomic E-state index is 12.8. The van der Waals surface area contributed by atoms with Gasteiger partial charge in [0.15, 0.2) is 0 Å². The van der Waals surface area contributed by atoms with Crippen molar-refractivity contribution in [2.75, 3.05) is 25.5 Å². The summed E-state index contributed by atoms with van der Waals surface area (Å²) in [6.07, 6.45) is 1.86. The molecule has 0 bridgehead atoms. The molecule has 2 amide bonds. The van der Waals surface area contributed by atoms with E-state index in [2.05, 4.69) is 28.2 Å². The smallest absolute Gasteiger partial charge is 0.341 e. The zero-order valence-electron chi connectivity index (χ0n) is 17.2. The van der Waals surface area contributed by atoms with E-state index in [0.717, 1.165) is 33.5 Å². The van der Waals surface area contributed by atoms with Crippen molar-refractivity contribution >= 4 is 61.4 Å². The van der Waals surface area contributed by atoms with Crippen molar-refractivity contribution in [1.82, 2.24) is 4.90 Å². The summed E-state index contributed by atoms with van der Waals surface area (Å²) in [5.41, 5.74) is 0.749. The zero-order chi connectivity index (χ0) is 21.7. The van der Waals surface area contributed by atoms with Crippen molar-refractivity contribution in [3.63, 3.8) is 0 Å². The lowest BCUT2D eigenvalue weighted by Gasteiger charge is -2.17. The van der Waals surface area contributed by atoms with E-state index in [-0.39, 0.29) is 17.4 Å². The van der Waals surface area contributed by atoms with Crippen molar-refractivity contribution in [3.05, 3.63) is 36.3 Å². The van der Waals surface area contributed by atoms with Gasteiger partial charge in [0.2, 0.25) is 0 Å². The van der Waals surface area contributed by atoms with E-state index in [9.17, 15) is 14.4 Å². The van der Waals surface area contributed by atoms with Crippen LogP contribution in [0, 0.1) is 6.92 Å². The second kappa shape index (κ2) is 10.4. The molecule has 29 heavy (non-hydrogen) atoms. The van der Waals surface area contributed by atoms with Gasteiger partial charge < -0.3 is 15.0 Å². The maximum Gasteiger partial charge on any atom is 0.341 e. The average molecular weight is 501 g/mol. The minimum atomic E-state index is -0.577. The highest BCUT2D eigenvalue weighted by atomic mass is 79.9. The van der Waals surface area contributed by atoms with Gasteiger partial charge in [-0.25, -0.2) is 4.79 Å². The largest absolute Gasteiger partial charge is 0.465 e. The fraction of sp³-hybridized carbons (Fsp3) is 0.450. The number of esters is 1. The summed E-state index contributed by atoms with van der Waals surface area (Å²) in [5, 5.41) is 3.14. The number of anilines is 1. The Balaban J connectivity index is 2.42. The molecule has 0 fully saturated rings. The molecular weight excluding hydrogens is 476 g/mol. The highest BCUT2D eigenvalue weighted by molar-refractivity contribution is 9.10. The molecule has 2 heterocycles. The summed E-state index contributed by atoms with van der Waals surface area (Å²) in [5.74, 6) is -1.05. The van der Waals surface area contributed by atoms with E-state index >= 15 is 0 Å². The molecular formula is C20H25BrN2O4S2. The second-order valence-corrected chi connectivity index (χ2v) is 9.33. The maximum atomic E-state index is 12.8. The molecule has 0 aromatic carbocycles. The minimum absolute atomic E-state index is 0.160. The molecule has 9 heteroatoms. The Labute approximate surface area is 187 Å². The number of carbonyl (C=O) groups excluding carboxylic acids is 3. The van der Waals surface area contributed by atoms with Crippen LogP contribution in [0.5, 0.6) is 0 Å². The molecule has 0 aliphatic carbocycles. The van der Waals surface area contributed by atoms with Gasteiger partial charge in [-0.1, -0.05) is 13.3 Å². The van der Waals surface area contributed by atoms with Crippen molar-refractivity contribution in [2.45, 2.75) is 40.5 Å². The third kappa shape index (κ3) is 5.07. The summed E-state index contributed by atoms with van der Waals surface area (Å²) in [7, 11) is 1.28. The van der Waals surface area contributed by atoms with Crippen LogP contribution < -0.4 is 5.32 Å². The molecule has 6 nitrogen and oxygen atoms in total. The van der Waals surface area contributed by atoms with Gasteiger partial charge in [-0.2, -0.15) is 0 Å². The number of halogens is 1. The van der Waals surface area contributed by atoms with Gasteiger partial charge in [-0.05, 0) is 54.8 Å². The van der Waals surface area contributed by atoms with Gasteiger partial charge in [-0.3, -0.25) is 9.59 Å². The molecule has 0 unspecified atom stereocenters. The number of ether oxygens (including phenoxy) is 1. The van der Waals surface area contributed by atoms with Crippen LogP contribution in [-0.4, -0.2) is 42.9 Å². The van der Waals surface area contributed by atoms with Crippen LogP contribution in [0.25, 0.3) is 0 Å². The van der Waals surface area contributed by atoms with E-state index in [1.54, 1.807) is 17.9 Å². The number of thiophene rings is 2. The number of rotatable bonds is 8. The van der Waals surface area contributed by atoms with Gasteiger partial charge in [0.05, 0.1) is 22.4 Å². The average Bonchev–Trinajstić information content (AvgIpc) is 3.22.